The van der Waals surface area contributed by atoms with Gasteiger partial charge in [0.05, 0.1) is 24.6 Å². The Morgan fingerprint density at radius 1 is 1.09 bits per heavy atom. The Balaban J connectivity index is 1.46. The Kier molecular flexibility index (Phi) is 4.78. The fourth-order valence-corrected chi connectivity index (χ4v) is 3.83. The molecule has 0 spiro atoms. The third kappa shape index (κ3) is 3.43. The van der Waals surface area contributed by atoms with E-state index in [0.717, 1.165) is 22.5 Å². The maximum Gasteiger partial charge on any atom is 0.412 e. The SMILES string of the molecule is COC(=O)Nc1ccc(-c2cnc3ccc(C(=O)N4CCc5cc(F)ccc54)cn23)cn1. The van der Waals surface area contributed by atoms with Crippen molar-refractivity contribution >= 4 is 29.2 Å². The fraction of sp³-hybridized carbons (Fsp3) is 0.130. The third-order valence-corrected chi connectivity index (χ3v) is 5.41. The molecule has 0 unspecified atom stereocenters. The molecule has 2 amide bonds. The van der Waals surface area contributed by atoms with Crippen molar-refractivity contribution in [3.05, 3.63) is 78.0 Å². The number of carbonyl (C=O) groups excluding carboxylic acids is 2. The first kappa shape index (κ1) is 19.7. The van der Waals surface area contributed by atoms with Crippen LogP contribution in [0.4, 0.5) is 20.7 Å². The lowest BCUT2D eigenvalue weighted by Crippen LogP contribution is -2.29. The summed E-state index contributed by atoms with van der Waals surface area (Å²) in [5.74, 6) is -0.106. The van der Waals surface area contributed by atoms with E-state index >= 15 is 0 Å². The summed E-state index contributed by atoms with van der Waals surface area (Å²) in [6.45, 7) is 0.505. The van der Waals surface area contributed by atoms with Crippen LogP contribution in [-0.4, -0.2) is 40.0 Å². The van der Waals surface area contributed by atoms with E-state index < -0.39 is 6.09 Å². The number of anilines is 2. The quantitative estimate of drug-likeness (QED) is 0.531. The monoisotopic (exact) mass is 431 g/mol. The molecule has 4 heterocycles. The summed E-state index contributed by atoms with van der Waals surface area (Å²) in [4.78, 5) is 34.8. The van der Waals surface area contributed by atoms with Gasteiger partial charge >= 0.3 is 6.09 Å². The minimum absolute atomic E-state index is 0.160. The van der Waals surface area contributed by atoms with Gasteiger partial charge in [-0.1, -0.05) is 0 Å². The Labute approximate surface area is 182 Å². The second-order valence-electron chi connectivity index (χ2n) is 7.32. The van der Waals surface area contributed by atoms with Gasteiger partial charge in [0.2, 0.25) is 0 Å². The lowest BCUT2D eigenvalue weighted by Gasteiger charge is -2.17. The van der Waals surface area contributed by atoms with Crippen molar-refractivity contribution in [2.75, 3.05) is 23.9 Å². The van der Waals surface area contributed by atoms with Crippen molar-refractivity contribution < 1.29 is 18.7 Å². The zero-order chi connectivity index (χ0) is 22.2. The Morgan fingerprint density at radius 3 is 2.75 bits per heavy atom. The van der Waals surface area contributed by atoms with E-state index in [-0.39, 0.29) is 11.7 Å². The van der Waals surface area contributed by atoms with Gasteiger partial charge in [-0.25, -0.2) is 19.2 Å². The van der Waals surface area contributed by atoms with Gasteiger partial charge < -0.3 is 9.64 Å². The number of hydrogen-bond donors (Lipinski definition) is 1. The molecule has 0 atom stereocenters. The Morgan fingerprint density at radius 2 is 1.97 bits per heavy atom. The number of fused-ring (bicyclic) bond motifs is 2. The van der Waals surface area contributed by atoms with Crippen molar-refractivity contribution in [3.63, 3.8) is 0 Å². The average Bonchev–Trinajstić information content (AvgIpc) is 3.42. The molecule has 160 valence electrons. The first-order chi connectivity index (χ1) is 15.5. The van der Waals surface area contributed by atoms with Crippen LogP contribution in [0, 0.1) is 5.82 Å². The number of pyridine rings is 2. The molecule has 0 bridgehead atoms. The Bertz CT molecular complexity index is 1350. The van der Waals surface area contributed by atoms with E-state index in [1.54, 1.807) is 53.8 Å². The second-order valence-corrected chi connectivity index (χ2v) is 7.32. The second kappa shape index (κ2) is 7.77. The van der Waals surface area contributed by atoms with Gasteiger partial charge in [-0.3, -0.25) is 14.5 Å². The minimum Gasteiger partial charge on any atom is -0.453 e. The van der Waals surface area contributed by atoms with Crippen molar-refractivity contribution in [2.24, 2.45) is 0 Å². The molecule has 4 aromatic rings. The normalized spacial score (nSPS) is 12.6. The summed E-state index contributed by atoms with van der Waals surface area (Å²) in [7, 11) is 1.28. The number of amides is 2. The van der Waals surface area contributed by atoms with Gasteiger partial charge in [-0.2, -0.15) is 0 Å². The number of rotatable bonds is 3. The molecule has 0 radical (unpaired) electrons. The predicted octanol–water partition coefficient (Wildman–Crippen LogP) is 3.92. The molecule has 1 aromatic carbocycles. The standard InChI is InChI=1S/C23H18FN5O3/c1-32-23(31)27-20-6-2-15(11-25-20)19-12-26-21-7-3-16(13-29(19)21)22(30)28-9-8-14-10-17(24)4-5-18(14)28/h2-7,10-13H,8-9H2,1H3,(H,25,27,31). The van der Waals surface area contributed by atoms with Gasteiger partial charge in [0.1, 0.15) is 17.3 Å². The molecule has 1 N–H and O–H groups in total. The van der Waals surface area contributed by atoms with E-state index in [1.807, 2.05) is 4.40 Å². The number of benzene rings is 1. The maximum atomic E-state index is 13.5. The number of aromatic nitrogens is 3. The summed E-state index contributed by atoms with van der Waals surface area (Å²) >= 11 is 0. The van der Waals surface area contributed by atoms with Crippen LogP contribution in [0.3, 0.4) is 0 Å². The number of carbonyl (C=O) groups is 2. The summed E-state index contributed by atoms with van der Waals surface area (Å²) in [5.41, 5.74) is 4.24. The Hall–Kier alpha value is -4.27. The van der Waals surface area contributed by atoms with Crippen LogP contribution < -0.4 is 10.2 Å². The zero-order valence-electron chi connectivity index (χ0n) is 17.1. The topological polar surface area (TPSA) is 88.8 Å². The fourth-order valence-electron chi connectivity index (χ4n) is 3.83. The summed E-state index contributed by atoms with van der Waals surface area (Å²) < 4.78 is 19.9. The summed E-state index contributed by atoms with van der Waals surface area (Å²) in [5, 5.41) is 2.50. The summed E-state index contributed by atoms with van der Waals surface area (Å²) in [6.07, 6.45) is 5.06. The highest BCUT2D eigenvalue weighted by molar-refractivity contribution is 6.07. The maximum absolute atomic E-state index is 13.5. The molecule has 1 aliphatic heterocycles. The molecule has 0 fully saturated rings. The van der Waals surface area contributed by atoms with E-state index in [2.05, 4.69) is 20.0 Å². The first-order valence-corrected chi connectivity index (χ1v) is 9.92. The van der Waals surface area contributed by atoms with E-state index in [1.165, 1.54) is 19.2 Å². The van der Waals surface area contributed by atoms with E-state index in [9.17, 15) is 14.0 Å². The van der Waals surface area contributed by atoms with Gasteiger partial charge in [-0.15, -0.1) is 0 Å². The zero-order valence-corrected chi connectivity index (χ0v) is 17.1. The van der Waals surface area contributed by atoms with Crippen LogP contribution in [-0.2, 0) is 11.2 Å². The highest BCUT2D eigenvalue weighted by Crippen LogP contribution is 2.30. The highest BCUT2D eigenvalue weighted by atomic mass is 19.1. The minimum atomic E-state index is -0.602. The molecule has 5 rings (SSSR count). The molecular weight excluding hydrogens is 413 g/mol. The van der Waals surface area contributed by atoms with Crippen molar-refractivity contribution in [3.8, 4) is 11.3 Å². The van der Waals surface area contributed by atoms with Crippen LogP contribution in [0.15, 0.2) is 61.1 Å². The largest absolute Gasteiger partial charge is 0.453 e. The van der Waals surface area contributed by atoms with Gasteiger partial charge in [0, 0.05) is 30.2 Å². The number of hydrogen-bond acceptors (Lipinski definition) is 5. The highest BCUT2D eigenvalue weighted by Gasteiger charge is 2.26. The number of ether oxygens (including phenoxy) is 1. The lowest BCUT2D eigenvalue weighted by molar-refractivity contribution is 0.0989. The number of imidazole rings is 1. The van der Waals surface area contributed by atoms with Crippen LogP contribution in [0.1, 0.15) is 15.9 Å². The van der Waals surface area contributed by atoms with Gasteiger partial charge in [0.15, 0.2) is 0 Å². The van der Waals surface area contributed by atoms with Crippen molar-refractivity contribution in [1.29, 1.82) is 0 Å². The molecule has 0 saturated carbocycles. The average molecular weight is 431 g/mol. The van der Waals surface area contributed by atoms with Crippen molar-refractivity contribution in [1.82, 2.24) is 14.4 Å². The van der Waals surface area contributed by atoms with E-state index in [0.29, 0.717) is 30.0 Å². The predicted molar refractivity (Wildman–Crippen MR) is 116 cm³/mol. The summed E-state index contributed by atoms with van der Waals surface area (Å²) in [6, 6.07) is 11.4. The number of methoxy groups -OCH3 is 1. The van der Waals surface area contributed by atoms with Crippen LogP contribution in [0.5, 0.6) is 0 Å². The molecule has 1 aliphatic rings. The van der Waals surface area contributed by atoms with Crippen molar-refractivity contribution in [2.45, 2.75) is 6.42 Å². The third-order valence-electron chi connectivity index (χ3n) is 5.41. The van der Waals surface area contributed by atoms with Crippen LogP contribution >= 0.6 is 0 Å². The van der Waals surface area contributed by atoms with Gasteiger partial charge in [0.25, 0.3) is 5.91 Å². The smallest absolute Gasteiger partial charge is 0.412 e. The lowest BCUT2D eigenvalue weighted by atomic mass is 10.1. The van der Waals surface area contributed by atoms with Crippen LogP contribution in [0.2, 0.25) is 0 Å². The van der Waals surface area contributed by atoms with E-state index in [4.69, 9.17) is 0 Å². The van der Waals surface area contributed by atoms with Gasteiger partial charge in [-0.05, 0) is 54.4 Å². The molecule has 0 aliphatic carbocycles. The van der Waals surface area contributed by atoms with Crippen LogP contribution in [0.25, 0.3) is 16.9 Å². The molecule has 0 saturated heterocycles. The molecule has 3 aromatic heterocycles. The first-order valence-electron chi connectivity index (χ1n) is 9.92. The molecule has 9 heteroatoms. The number of nitrogens with zero attached hydrogens (tertiary/aromatic N) is 4. The number of halogens is 1. The molecular formula is C23H18FN5O3. The molecule has 8 nitrogen and oxygen atoms in total. The molecule has 32 heavy (non-hydrogen) atoms. The number of nitrogens with one attached hydrogen (secondary N) is 1.